The van der Waals surface area contributed by atoms with Crippen molar-refractivity contribution in [2.24, 2.45) is 0 Å². The highest BCUT2D eigenvalue weighted by Gasteiger charge is 2.14. The topological polar surface area (TPSA) is 63.6 Å². The van der Waals surface area contributed by atoms with Crippen LogP contribution in [0.3, 0.4) is 0 Å². The van der Waals surface area contributed by atoms with Gasteiger partial charge < -0.3 is 9.84 Å². The van der Waals surface area contributed by atoms with Crippen LogP contribution in [0.2, 0.25) is 0 Å². The van der Waals surface area contributed by atoms with E-state index in [4.69, 9.17) is 5.11 Å². The van der Waals surface area contributed by atoms with Gasteiger partial charge in [-0.25, -0.2) is 4.79 Å². The van der Waals surface area contributed by atoms with E-state index in [0.717, 1.165) is 6.42 Å². The lowest BCUT2D eigenvalue weighted by molar-refractivity contribution is -0.165. The average molecular weight is 174 g/mol. The molecule has 0 heterocycles. The second-order valence-electron chi connectivity index (χ2n) is 2.57. The first-order valence-electron chi connectivity index (χ1n) is 4.00. The molecule has 0 saturated carbocycles. The molecule has 12 heavy (non-hydrogen) atoms. The number of ether oxygens (including phenoxy) is 1. The van der Waals surface area contributed by atoms with Gasteiger partial charge in [0.1, 0.15) is 6.10 Å². The Hall–Kier alpha value is -0.900. The van der Waals surface area contributed by atoms with E-state index < -0.39 is 18.0 Å². The zero-order chi connectivity index (χ0) is 9.56. The maximum atomic E-state index is 10.8. The van der Waals surface area contributed by atoms with Gasteiger partial charge in [0.2, 0.25) is 0 Å². The Kier molecular flexibility index (Phi) is 5.28. The minimum atomic E-state index is -1.23. The van der Waals surface area contributed by atoms with Crippen molar-refractivity contribution in [3.63, 3.8) is 0 Å². The highest BCUT2D eigenvalue weighted by Crippen LogP contribution is 1.97. The lowest BCUT2D eigenvalue weighted by atomic mass is 10.2. The summed E-state index contributed by atoms with van der Waals surface area (Å²) in [6, 6.07) is 0. The molecule has 0 spiro atoms. The molecule has 0 saturated heterocycles. The number of esters is 2. The highest BCUT2D eigenvalue weighted by atomic mass is 16.6. The van der Waals surface area contributed by atoms with Gasteiger partial charge in [0.25, 0.3) is 0 Å². The lowest BCUT2D eigenvalue weighted by Gasteiger charge is -2.03. The predicted molar refractivity (Wildman–Crippen MR) is 42.3 cm³/mol. The number of unbranched alkanes of at least 4 members (excludes halogenated alkanes) is 1. The number of aliphatic hydroxyl groups is 1. The summed E-state index contributed by atoms with van der Waals surface area (Å²) >= 11 is 0. The summed E-state index contributed by atoms with van der Waals surface area (Å²) in [6.45, 7) is 3.19. The molecule has 0 fully saturated rings. The predicted octanol–water partition coefficient (Wildman–Crippen LogP) is 0.627. The summed E-state index contributed by atoms with van der Waals surface area (Å²) in [4.78, 5) is 21.4. The van der Waals surface area contributed by atoms with E-state index in [0.29, 0.717) is 6.42 Å². The van der Waals surface area contributed by atoms with Crippen LogP contribution in [0.5, 0.6) is 0 Å². The highest BCUT2D eigenvalue weighted by molar-refractivity contribution is 5.87. The van der Waals surface area contributed by atoms with Crippen LogP contribution in [0, 0.1) is 0 Å². The Morgan fingerprint density at radius 3 is 2.50 bits per heavy atom. The molecular weight excluding hydrogens is 160 g/mol. The summed E-state index contributed by atoms with van der Waals surface area (Å²) in [5.74, 6) is -1.45. The first-order chi connectivity index (χ1) is 5.57. The molecule has 1 unspecified atom stereocenters. The standard InChI is InChI=1S/C8H14O4/c1-3-4-5-7(10)12-8(11)6(2)9/h6,9H,3-5H2,1-2H3. The molecule has 70 valence electrons. The first kappa shape index (κ1) is 11.1. The van der Waals surface area contributed by atoms with Gasteiger partial charge >= 0.3 is 11.9 Å². The zero-order valence-electron chi connectivity index (χ0n) is 7.37. The Morgan fingerprint density at radius 2 is 2.08 bits per heavy atom. The van der Waals surface area contributed by atoms with Crippen molar-refractivity contribution in [1.82, 2.24) is 0 Å². The van der Waals surface area contributed by atoms with Crippen LogP contribution < -0.4 is 0 Å². The van der Waals surface area contributed by atoms with E-state index in [1.54, 1.807) is 0 Å². The van der Waals surface area contributed by atoms with E-state index in [1.165, 1.54) is 6.92 Å². The number of hydrogen-bond acceptors (Lipinski definition) is 4. The van der Waals surface area contributed by atoms with Crippen LogP contribution in [0.1, 0.15) is 33.1 Å². The smallest absolute Gasteiger partial charge is 0.342 e. The van der Waals surface area contributed by atoms with Crippen LogP contribution in [-0.2, 0) is 14.3 Å². The van der Waals surface area contributed by atoms with Crippen molar-refractivity contribution in [1.29, 1.82) is 0 Å². The Morgan fingerprint density at radius 1 is 1.50 bits per heavy atom. The molecule has 1 N–H and O–H groups in total. The molecule has 0 aromatic rings. The maximum absolute atomic E-state index is 10.8. The second-order valence-corrected chi connectivity index (χ2v) is 2.57. The molecule has 1 atom stereocenters. The van der Waals surface area contributed by atoms with E-state index in [2.05, 4.69) is 4.74 Å². The van der Waals surface area contributed by atoms with E-state index in [1.807, 2.05) is 6.92 Å². The van der Waals surface area contributed by atoms with Gasteiger partial charge in [-0.1, -0.05) is 13.3 Å². The Labute approximate surface area is 71.5 Å². The van der Waals surface area contributed by atoms with Gasteiger partial charge in [0.05, 0.1) is 0 Å². The summed E-state index contributed by atoms with van der Waals surface area (Å²) in [6.07, 6.45) is 0.578. The second kappa shape index (κ2) is 5.71. The number of aliphatic hydroxyl groups excluding tert-OH is 1. The molecule has 4 nitrogen and oxygen atoms in total. The van der Waals surface area contributed by atoms with Crippen molar-refractivity contribution in [2.45, 2.75) is 39.2 Å². The SMILES string of the molecule is CCCCC(=O)OC(=O)C(C)O. The molecular formula is C8H14O4. The van der Waals surface area contributed by atoms with Crippen LogP contribution in [0.15, 0.2) is 0 Å². The van der Waals surface area contributed by atoms with Crippen LogP contribution in [0.25, 0.3) is 0 Å². The van der Waals surface area contributed by atoms with Gasteiger partial charge in [-0.15, -0.1) is 0 Å². The van der Waals surface area contributed by atoms with E-state index in [9.17, 15) is 9.59 Å². The van der Waals surface area contributed by atoms with Crippen molar-refractivity contribution in [3.8, 4) is 0 Å². The fraction of sp³-hybridized carbons (Fsp3) is 0.750. The molecule has 0 rings (SSSR count). The van der Waals surface area contributed by atoms with Crippen molar-refractivity contribution in [3.05, 3.63) is 0 Å². The molecule has 4 heteroatoms. The van der Waals surface area contributed by atoms with Crippen molar-refractivity contribution < 1.29 is 19.4 Å². The summed E-state index contributed by atoms with van der Waals surface area (Å²) < 4.78 is 4.29. The van der Waals surface area contributed by atoms with Gasteiger partial charge in [0.15, 0.2) is 0 Å². The van der Waals surface area contributed by atoms with Gasteiger partial charge in [-0.3, -0.25) is 4.79 Å². The maximum Gasteiger partial charge on any atom is 0.342 e. The Bertz CT molecular complexity index is 162. The van der Waals surface area contributed by atoms with Crippen LogP contribution in [-0.4, -0.2) is 23.1 Å². The van der Waals surface area contributed by atoms with Crippen LogP contribution >= 0.6 is 0 Å². The van der Waals surface area contributed by atoms with E-state index >= 15 is 0 Å². The molecule has 0 aromatic heterocycles. The number of carbonyl (C=O) groups excluding carboxylic acids is 2. The summed E-state index contributed by atoms with van der Waals surface area (Å²) in [5, 5.41) is 8.67. The van der Waals surface area contributed by atoms with Crippen molar-refractivity contribution >= 4 is 11.9 Å². The molecule has 0 aliphatic carbocycles. The fourth-order valence-corrected chi connectivity index (χ4v) is 0.570. The Balaban J connectivity index is 3.62. The molecule has 0 aliphatic heterocycles. The molecule has 0 aromatic carbocycles. The molecule has 0 radical (unpaired) electrons. The molecule has 0 bridgehead atoms. The minimum Gasteiger partial charge on any atom is -0.391 e. The number of hydrogen-bond donors (Lipinski definition) is 1. The third-order valence-corrected chi connectivity index (χ3v) is 1.29. The normalized spacial score (nSPS) is 12.2. The number of rotatable bonds is 4. The number of carbonyl (C=O) groups is 2. The molecule has 0 amide bonds. The van der Waals surface area contributed by atoms with Crippen LogP contribution in [0.4, 0.5) is 0 Å². The summed E-state index contributed by atoms with van der Waals surface area (Å²) in [7, 11) is 0. The monoisotopic (exact) mass is 174 g/mol. The third kappa shape index (κ3) is 4.85. The fourth-order valence-electron chi connectivity index (χ4n) is 0.570. The lowest BCUT2D eigenvalue weighted by Crippen LogP contribution is -2.22. The van der Waals surface area contributed by atoms with Crippen molar-refractivity contribution in [2.75, 3.05) is 0 Å². The third-order valence-electron chi connectivity index (χ3n) is 1.29. The molecule has 0 aliphatic rings. The quantitative estimate of drug-likeness (QED) is 0.501. The zero-order valence-corrected chi connectivity index (χ0v) is 7.37. The van der Waals surface area contributed by atoms with Gasteiger partial charge in [0, 0.05) is 6.42 Å². The van der Waals surface area contributed by atoms with E-state index in [-0.39, 0.29) is 6.42 Å². The summed E-state index contributed by atoms with van der Waals surface area (Å²) in [5.41, 5.74) is 0. The minimum absolute atomic E-state index is 0.231. The first-order valence-corrected chi connectivity index (χ1v) is 4.00. The van der Waals surface area contributed by atoms with Gasteiger partial charge in [-0.2, -0.15) is 0 Å². The largest absolute Gasteiger partial charge is 0.391 e. The van der Waals surface area contributed by atoms with Gasteiger partial charge in [-0.05, 0) is 13.3 Å². The average Bonchev–Trinajstić information content (AvgIpc) is 2.00.